The normalized spacial score (nSPS) is 34.8. The molecule has 0 aromatic carbocycles. The Bertz CT molecular complexity index is 1610. The van der Waals surface area contributed by atoms with Crippen molar-refractivity contribution in [2.45, 2.75) is 125 Å². The first kappa shape index (κ1) is 43.1. The number of thioether (sulfide) groups is 1. The monoisotopic (exact) mass is 855 g/mol. The average molecular weight is 857 g/mol. The van der Waals surface area contributed by atoms with Gasteiger partial charge in [-0.3, -0.25) is 50.7 Å². The Hall–Kier alpha value is -2.57. The number of amides is 4. The largest absolute Gasteiger partial charge is 0.357 e. The number of rotatable bonds is 10. The molecule has 326 valence electrons. The second-order valence-electron chi connectivity index (χ2n) is 18.2. The highest BCUT2D eigenvalue weighted by Gasteiger charge is 2.39. The van der Waals surface area contributed by atoms with Crippen LogP contribution < -0.4 is 36.8 Å². The quantitative estimate of drug-likeness (QED) is 0.149. The predicted molar refractivity (Wildman–Crippen MR) is 230 cm³/mol. The maximum atomic E-state index is 13.7. The van der Waals surface area contributed by atoms with E-state index in [0.717, 1.165) is 122 Å². The van der Waals surface area contributed by atoms with E-state index in [1.807, 2.05) is 12.1 Å². The fraction of sp³-hybridized carbons (Fsp3) is 0.786. The Kier molecular flexibility index (Phi) is 14.3. The second kappa shape index (κ2) is 19.6. The summed E-state index contributed by atoms with van der Waals surface area (Å²) in [6, 6.07) is 4.05. The zero-order chi connectivity index (χ0) is 41.0. The molecule has 59 heavy (non-hydrogen) atoms. The molecule has 7 aliphatic rings. The van der Waals surface area contributed by atoms with Crippen molar-refractivity contribution in [2.24, 2.45) is 17.8 Å². The summed E-state index contributed by atoms with van der Waals surface area (Å²) >= 11 is 8.26. The molecule has 1 aromatic rings. The molecule has 7 heterocycles. The lowest BCUT2D eigenvalue weighted by atomic mass is 9.85. The number of nitrogens with one attached hydrogen (secondary N) is 6. The fourth-order valence-electron chi connectivity index (χ4n) is 10.5. The van der Waals surface area contributed by atoms with Gasteiger partial charge in [0.05, 0.1) is 35.0 Å². The van der Waals surface area contributed by atoms with E-state index in [9.17, 15) is 19.2 Å². The van der Waals surface area contributed by atoms with Gasteiger partial charge in [0.2, 0.25) is 23.6 Å². The number of alkyl halides is 1. The van der Waals surface area contributed by atoms with Crippen molar-refractivity contribution >= 4 is 52.8 Å². The van der Waals surface area contributed by atoms with Crippen LogP contribution in [0.2, 0.25) is 0 Å². The van der Waals surface area contributed by atoms with E-state index in [2.05, 4.69) is 65.3 Å². The molecule has 9 unspecified atom stereocenters. The van der Waals surface area contributed by atoms with Crippen molar-refractivity contribution in [1.82, 2.24) is 51.6 Å². The molecule has 1 aromatic heterocycles. The molecule has 0 bridgehead atoms. The van der Waals surface area contributed by atoms with E-state index in [-0.39, 0.29) is 70.2 Å². The van der Waals surface area contributed by atoms with Crippen LogP contribution in [-0.4, -0.2) is 149 Å². The summed E-state index contributed by atoms with van der Waals surface area (Å²) in [5.41, 5.74) is 0.857. The number of aromatic nitrogens is 1. The van der Waals surface area contributed by atoms with Gasteiger partial charge in [-0.2, -0.15) is 0 Å². The van der Waals surface area contributed by atoms with E-state index in [0.29, 0.717) is 37.1 Å². The zero-order valence-electron chi connectivity index (χ0n) is 34.9. The third kappa shape index (κ3) is 10.7. The van der Waals surface area contributed by atoms with Gasteiger partial charge in [0.15, 0.2) is 0 Å². The number of anilines is 1. The van der Waals surface area contributed by atoms with Crippen LogP contribution in [-0.2, 0) is 19.2 Å². The summed E-state index contributed by atoms with van der Waals surface area (Å²) in [7, 11) is 0. The fourth-order valence-corrected chi connectivity index (χ4v) is 12.1. The minimum Gasteiger partial charge on any atom is -0.357 e. The first-order valence-electron chi connectivity index (χ1n) is 22.5. The van der Waals surface area contributed by atoms with Crippen LogP contribution in [0.15, 0.2) is 18.3 Å². The Morgan fingerprint density at radius 2 is 1.71 bits per heavy atom. The Morgan fingerprint density at radius 1 is 0.932 bits per heavy atom. The maximum Gasteiger partial charge on any atom is 0.234 e. The number of likely N-dealkylation sites (tertiary alicyclic amines) is 1. The van der Waals surface area contributed by atoms with E-state index in [1.165, 1.54) is 0 Å². The van der Waals surface area contributed by atoms with Gasteiger partial charge in [-0.15, -0.1) is 23.4 Å². The van der Waals surface area contributed by atoms with Crippen LogP contribution in [0, 0.1) is 17.8 Å². The topological polar surface area (TPSA) is 166 Å². The van der Waals surface area contributed by atoms with Gasteiger partial charge in [0, 0.05) is 83.4 Å². The summed E-state index contributed by atoms with van der Waals surface area (Å²) in [5, 5.41) is 20.2. The third-order valence-corrected chi connectivity index (χ3v) is 15.9. The van der Waals surface area contributed by atoms with E-state index < -0.39 is 0 Å². The Morgan fingerprint density at radius 3 is 2.42 bits per heavy atom. The number of piperazine rings is 1. The van der Waals surface area contributed by atoms with Crippen LogP contribution in [0.25, 0.3) is 0 Å². The van der Waals surface area contributed by atoms with Gasteiger partial charge in [0.1, 0.15) is 11.3 Å². The van der Waals surface area contributed by atoms with E-state index in [1.54, 1.807) is 18.0 Å². The lowest BCUT2D eigenvalue weighted by Crippen LogP contribution is -2.68. The molecule has 0 radical (unpaired) electrons. The molecule has 6 aliphatic heterocycles. The molecule has 15 nitrogen and oxygen atoms in total. The Balaban J connectivity index is 0.715. The van der Waals surface area contributed by atoms with Gasteiger partial charge in [0.25, 0.3) is 0 Å². The number of hydrogen-bond donors (Lipinski definition) is 6. The summed E-state index contributed by atoms with van der Waals surface area (Å²) in [6.45, 7) is 13.2. The molecular weight excluding hydrogens is 790 g/mol. The number of imide groups is 1. The molecule has 7 fully saturated rings. The number of nitrogens with zero attached hydrogens (tertiary/aromatic N) is 5. The van der Waals surface area contributed by atoms with E-state index >= 15 is 0 Å². The minimum atomic E-state index is -0.305. The number of pyridine rings is 1. The van der Waals surface area contributed by atoms with Crippen LogP contribution >= 0.6 is 23.4 Å². The summed E-state index contributed by atoms with van der Waals surface area (Å²) in [5.74, 6) is 1.80. The number of halogens is 1. The number of carbonyl (C=O) groups excluding carboxylic acids is 4. The highest BCUT2D eigenvalue weighted by Crippen LogP contribution is 2.31. The van der Waals surface area contributed by atoms with Gasteiger partial charge >= 0.3 is 0 Å². The highest BCUT2D eigenvalue weighted by atomic mass is 35.5. The van der Waals surface area contributed by atoms with Crippen molar-refractivity contribution in [1.29, 1.82) is 0 Å². The van der Waals surface area contributed by atoms with Gasteiger partial charge in [-0.25, -0.2) is 4.98 Å². The summed E-state index contributed by atoms with van der Waals surface area (Å²) < 4.78 is 0. The van der Waals surface area contributed by atoms with Crippen molar-refractivity contribution < 1.29 is 19.2 Å². The molecule has 1 aliphatic carbocycles. The van der Waals surface area contributed by atoms with Crippen LogP contribution in [0.5, 0.6) is 0 Å². The number of carbonyl (C=O) groups is 4. The molecular formula is C42H66ClN11O4S. The van der Waals surface area contributed by atoms with Crippen LogP contribution in [0.1, 0.15) is 89.5 Å². The van der Waals surface area contributed by atoms with Gasteiger partial charge in [-0.1, -0.05) is 19.4 Å². The van der Waals surface area contributed by atoms with Crippen molar-refractivity contribution in [3.63, 3.8) is 0 Å². The molecule has 1 saturated carbocycles. The molecule has 6 saturated heterocycles. The number of hydrogen-bond acceptors (Lipinski definition) is 13. The lowest BCUT2D eigenvalue weighted by molar-refractivity contribution is -0.139. The second-order valence-corrected chi connectivity index (χ2v) is 20.1. The summed E-state index contributed by atoms with van der Waals surface area (Å²) in [4.78, 5) is 64.9. The predicted octanol–water partition coefficient (Wildman–Crippen LogP) is 1.75. The molecule has 8 rings (SSSR count). The average Bonchev–Trinajstić information content (AvgIpc) is 3.71. The van der Waals surface area contributed by atoms with Crippen LogP contribution in [0.3, 0.4) is 0 Å². The van der Waals surface area contributed by atoms with Gasteiger partial charge < -0.3 is 20.0 Å². The van der Waals surface area contributed by atoms with E-state index in [4.69, 9.17) is 16.6 Å². The van der Waals surface area contributed by atoms with Crippen molar-refractivity contribution in [3.8, 4) is 0 Å². The minimum absolute atomic E-state index is 0.00607. The molecule has 6 N–H and O–H groups in total. The first-order chi connectivity index (χ1) is 28.6. The third-order valence-electron chi connectivity index (χ3n) is 14.1. The van der Waals surface area contributed by atoms with Gasteiger partial charge in [-0.05, 0) is 88.4 Å². The summed E-state index contributed by atoms with van der Waals surface area (Å²) in [6.07, 6.45) is 11.3. The maximum absolute atomic E-state index is 13.7. The molecule has 0 spiro atoms. The van der Waals surface area contributed by atoms with Crippen LogP contribution in [0.4, 0.5) is 5.82 Å². The van der Waals surface area contributed by atoms with Crippen molar-refractivity contribution in [3.05, 3.63) is 23.9 Å². The SMILES string of the molecule is CC1NC(NC2NCC(C(=O)NC3C(C)CCCC3Cl)S2)CC(N2CCN(C(=O)C3CCN(CC4CCN(c5ccc(C6CCC(=O)NC6=O)cn5)CC4)CC3)CC2)N1. The molecule has 17 heteroatoms. The molecule has 9 atom stereocenters. The number of piperidine rings is 3. The highest BCUT2D eigenvalue weighted by molar-refractivity contribution is 8.01. The molecule has 4 amide bonds. The first-order valence-corrected chi connectivity index (χ1v) is 23.9. The Labute approximate surface area is 359 Å². The zero-order valence-corrected chi connectivity index (χ0v) is 36.5. The standard InChI is InChI=1S/C42H66ClN11O4S/c1-26-4-3-5-32(43)38(26)50-40(57)33-24-45-42(59-33)48-34-22-36(47-27(2)46-34)53-18-20-54(21-19-53)41(58)29-12-14-51(15-13-29)25-28-10-16-52(17-11-28)35-8-6-30(23-44-35)31-7-9-37(55)49-39(31)56/h6,8,23,26-29,31-34,36,38,42,45-48H,3-5,7,9-22,24-25H2,1-2H3,(H,50,57)(H,49,55,56). The van der Waals surface area contributed by atoms with Crippen molar-refractivity contribution in [2.75, 3.05) is 70.3 Å². The smallest absolute Gasteiger partial charge is 0.234 e. The lowest BCUT2D eigenvalue weighted by Gasteiger charge is -2.46.